The van der Waals surface area contributed by atoms with Gasteiger partial charge in [0, 0.05) is 5.33 Å². The molecule has 0 radical (unpaired) electrons. The van der Waals surface area contributed by atoms with Crippen LogP contribution in [0.25, 0.3) is 0 Å². The second kappa shape index (κ2) is 4.55. The van der Waals surface area contributed by atoms with Gasteiger partial charge in [0.25, 0.3) is 0 Å². The first-order valence-corrected chi connectivity index (χ1v) is 5.15. The fraction of sp³-hybridized carbons (Fsp3) is 0.300. The number of hydrogen-bond donors (Lipinski definition) is 0. The van der Waals surface area contributed by atoms with Crippen molar-refractivity contribution in [3.63, 3.8) is 0 Å². The average molecular weight is 261 g/mol. The first kappa shape index (κ1) is 11.2. The second-order valence-electron chi connectivity index (χ2n) is 2.88. The molecule has 0 atom stereocenters. The number of hydrogen-bond acceptors (Lipinski definition) is 2. The van der Waals surface area contributed by atoms with Gasteiger partial charge in [0.05, 0.1) is 12.7 Å². The van der Waals surface area contributed by atoms with Gasteiger partial charge in [0.15, 0.2) is 0 Å². The Hall–Kier alpha value is -0.900. The van der Waals surface area contributed by atoms with E-state index in [-0.39, 0.29) is 5.82 Å². The molecule has 76 valence electrons. The van der Waals surface area contributed by atoms with E-state index in [0.717, 1.165) is 0 Å². The van der Waals surface area contributed by atoms with Gasteiger partial charge in [-0.25, -0.2) is 9.18 Å². The summed E-state index contributed by atoms with van der Waals surface area (Å²) in [5.74, 6) is -0.776. The van der Waals surface area contributed by atoms with E-state index in [4.69, 9.17) is 0 Å². The minimum absolute atomic E-state index is 0.343. The van der Waals surface area contributed by atoms with Crippen LogP contribution in [0.3, 0.4) is 0 Å². The second-order valence-corrected chi connectivity index (χ2v) is 3.44. The topological polar surface area (TPSA) is 26.3 Å². The lowest BCUT2D eigenvalue weighted by Gasteiger charge is -2.08. The van der Waals surface area contributed by atoms with Crippen LogP contribution in [0.1, 0.15) is 21.5 Å². The lowest BCUT2D eigenvalue weighted by Crippen LogP contribution is -2.08. The third kappa shape index (κ3) is 2.12. The summed E-state index contributed by atoms with van der Waals surface area (Å²) >= 11 is 3.20. The lowest BCUT2D eigenvalue weighted by atomic mass is 10.0. The minimum Gasteiger partial charge on any atom is -0.465 e. The summed E-state index contributed by atoms with van der Waals surface area (Å²) in [7, 11) is 1.31. The minimum atomic E-state index is -0.433. The van der Waals surface area contributed by atoms with Crippen LogP contribution in [0.2, 0.25) is 0 Å². The Morgan fingerprint density at radius 2 is 2.21 bits per heavy atom. The normalized spacial score (nSPS) is 10.0. The maximum atomic E-state index is 13.0. The molecule has 1 aromatic carbocycles. The van der Waals surface area contributed by atoms with Crippen molar-refractivity contribution in [2.75, 3.05) is 7.11 Å². The van der Waals surface area contributed by atoms with E-state index in [1.54, 1.807) is 6.92 Å². The van der Waals surface area contributed by atoms with Gasteiger partial charge < -0.3 is 4.74 Å². The number of alkyl halides is 1. The predicted molar refractivity (Wildman–Crippen MR) is 55.1 cm³/mol. The molecule has 14 heavy (non-hydrogen) atoms. The molecule has 0 spiro atoms. The molecule has 0 fully saturated rings. The molecule has 0 bridgehead atoms. The van der Waals surface area contributed by atoms with Crippen LogP contribution < -0.4 is 0 Å². The molecule has 0 aromatic heterocycles. The highest BCUT2D eigenvalue weighted by Gasteiger charge is 2.15. The molecule has 0 aliphatic heterocycles. The highest BCUT2D eigenvalue weighted by Crippen LogP contribution is 2.19. The van der Waals surface area contributed by atoms with Crippen molar-refractivity contribution < 1.29 is 13.9 Å². The first-order valence-electron chi connectivity index (χ1n) is 4.03. The zero-order valence-corrected chi connectivity index (χ0v) is 9.52. The number of ether oxygens (including phenoxy) is 1. The number of halogens is 2. The van der Waals surface area contributed by atoms with Gasteiger partial charge in [-0.3, -0.25) is 0 Å². The molecule has 2 nitrogen and oxygen atoms in total. The zero-order valence-electron chi connectivity index (χ0n) is 7.93. The molecule has 1 rings (SSSR count). The molecule has 0 heterocycles. The third-order valence-electron chi connectivity index (χ3n) is 1.92. The smallest absolute Gasteiger partial charge is 0.338 e. The maximum Gasteiger partial charge on any atom is 0.338 e. The van der Waals surface area contributed by atoms with E-state index in [1.807, 2.05) is 0 Å². The highest BCUT2D eigenvalue weighted by atomic mass is 79.9. The summed E-state index contributed by atoms with van der Waals surface area (Å²) in [4.78, 5) is 11.4. The Morgan fingerprint density at radius 3 is 2.71 bits per heavy atom. The molecule has 0 amide bonds. The molecule has 0 N–H and O–H groups in total. The summed E-state index contributed by atoms with van der Waals surface area (Å²) in [6.45, 7) is 1.68. The van der Waals surface area contributed by atoms with Gasteiger partial charge in [-0.2, -0.15) is 0 Å². The summed E-state index contributed by atoms with van der Waals surface area (Å²) < 4.78 is 17.6. The third-order valence-corrected chi connectivity index (χ3v) is 2.52. The Morgan fingerprint density at radius 1 is 1.57 bits per heavy atom. The van der Waals surface area contributed by atoms with E-state index in [9.17, 15) is 9.18 Å². The number of aryl methyl sites for hydroxylation is 1. The van der Waals surface area contributed by atoms with E-state index in [2.05, 4.69) is 20.7 Å². The predicted octanol–water partition coefficient (Wildman–Crippen LogP) is 2.82. The highest BCUT2D eigenvalue weighted by molar-refractivity contribution is 9.08. The van der Waals surface area contributed by atoms with Crippen molar-refractivity contribution >= 4 is 21.9 Å². The summed E-state index contributed by atoms with van der Waals surface area (Å²) in [5.41, 5.74) is 1.63. The Kier molecular flexibility index (Phi) is 3.63. The van der Waals surface area contributed by atoms with Gasteiger partial charge in [0.1, 0.15) is 5.82 Å². The molecule has 0 aliphatic rings. The van der Waals surface area contributed by atoms with E-state index in [0.29, 0.717) is 22.0 Å². The molecular weight excluding hydrogens is 251 g/mol. The number of carbonyl (C=O) groups excluding carboxylic acids is 1. The van der Waals surface area contributed by atoms with Gasteiger partial charge >= 0.3 is 5.97 Å². The fourth-order valence-corrected chi connectivity index (χ4v) is 1.75. The van der Waals surface area contributed by atoms with Gasteiger partial charge in [-0.15, -0.1) is 0 Å². The summed E-state index contributed by atoms with van der Waals surface area (Å²) in [6.07, 6.45) is 0. The Balaban J connectivity index is 3.32. The SMILES string of the molecule is COC(=O)c1c(C)cc(F)cc1CBr. The first-order chi connectivity index (χ1) is 6.60. The molecule has 4 heteroatoms. The monoisotopic (exact) mass is 260 g/mol. The van der Waals surface area contributed by atoms with E-state index < -0.39 is 5.97 Å². The standard InChI is InChI=1S/C10H10BrFO2/c1-6-3-8(12)4-7(5-11)9(6)10(13)14-2/h3-4H,5H2,1-2H3. The lowest BCUT2D eigenvalue weighted by molar-refractivity contribution is 0.0599. The number of methoxy groups -OCH3 is 1. The van der Waals surface area contributed by atoms with Crippen LogP contribution in [-0.4, -0.2) is 13.1 Å². The Labute approximate surface area is 90.2 Å². The number of benzene rings is 1. The largest absolute Gasteiger partial charge is 0.465 e. The van der Waals surface area contributed by atoms with Crippen molar-refractivity contribution in [1.82, 2.24) is 0 Å². The van der Waals surface area contributed by atoms with Crippen LogP contribution in [0.4, 0.5) is 4.39 Å². The van der Waals surface area contributed by atoms with Crippen LogP contribution in [0.15, 0.2) is 12.1 Å². The fourth-order valence-electron chi connectivity index (χ4n) is 1.31. The van der Waals surface area contributed by atoms with Crippen molar-refractivity contribution in [3.05, 3.63) is 34.6 Å². The van der Waals surface area contributed by atoms with Crippen LogP contribution >= 0.6 is 15.9 Å². The maximum absolute atomic E-state index is 13.0. The molecule has 0 saturated carbocycles. The number of rotatable bonds is 2. The zero-order chi connectivity index (χ0) is 10.7. The van der Waals surface area contributed by atoms with Crippen molar-refractivity contribution in [3.8, 4) is 0 Å². The summed E-state index contributed by atoms with van der Waals surface area (Å²) in [5, 5.41) is 0.427. The van der Waals surface area contributed by atoms with Crippen LogP contribution in [0.5, 0.6) is 0 Å². The summed E-state index contributed by atoms with van der Waals surface area (Å²) in [6, 6.07) is 2.65. The molecule has 0 unspecified atom stereocenters. The number of carbonyl (C=O) groups is 1. The van der Waals surface area contributed by atoms with Gasteiger partial charge in [-0.1, -0.05) is 15.9 Å². The van der Waals surface area contributed by atoms with E-state index >= 15 is 0 Å². The van der Waals surface area contributed by atoms with Crippen molar-refractivity contribution in [2.24, 2.45) is 0 Å². The molecular formula is C10H10BrFO2. The molecule has 0 saturated heterocycles. The Bertz CT molecular complexity index is 363. The van der Waals surface area contributed by atoms with Crippen molar-refractivity contribution in [2.45, 2.75) is 12.3 Å². The quantitative estimate of drug-likeness (QED) is 0.604. The number of esters is 1. The van der Waals surface area contributed by atoms with E-state index in [1.165, 1.54) is 19.2 Å². The van der Waals surface area contributed by atoms with Crippen LogP contribution in [0, 0.1) is 12.7 Å². The molecule has 1 aromatic rings. The van der Waals surface area contributed by atoms with Gasteiger partial charge in [0.2, 0.25) is 0 Å². The average Bonchev–Trinajstić information content (AvgIpc) is 2.15. The molecule has 0 aliphatic carbocycles. The van der Waals surface area contributed by atoms with Crippen molar-refractivity contribution in [1.29, 1.82) is 0 Å². The van der Waals surface area contributed by atoms with Gasteiger partial charge in [-0.05, 0) is 30.2 Å². The van der Waals surface area contributed by atoms with Crippen LogP contribution in [-0.2, 0) is 10.1 Å².